The molecule has 1 aliphatic rings. The first-order valence-electron chi connectivity index (χ1n) is 9.58. The molecule has 1 aromatic heterocycles. The summed E-state index contributed by atoms with van der Waals surface area (Å²) in [6, 6.07) is 14.3. The minimum Gasteiger partial charge on any atom is -0.364 e. The number of nitrogens with two attached hydrogens (primary N) is 1. The third-order valence-corrected chi connectivity index (χ3v) is 6.52. The van der Waals surface area contributed by atoms with Crippen molar-refractivity contribution in [2.45, 2.75) is 26.2 Å². The number of aliphatic imine (C=N–C) groups is 1. The molecule has 2 heterocycles. The van der Waals surface area contributed by atoms with Gasteiger partial charge in [-0.2, -0.15) is 0 Å². The summed E-state index contributed by atoms with van der Waals surface area (Å²) >= 11 is 2.33. The molecule has 1 amide bonds. The van der Waals surface area contributed by atoms with Gasteiger partial charge in [0, 0.05) is 20.3 Å². The summed E-state index contributed by atoms with van der Waals surface area (Å²) in [6.07, 6.45) is 1.65. The number of benzene rings is 2. The monoisotopic (exact) mass is 524 g/mol. The lowest BCUT2D eigenvalue weighted by atomic mass is 9.98. The number of fused-ring (bicyclic) bond motifs is 3. The van der Waals surface area contributed by atoms with Crippen LogP contribution >= 0.6 is 22.6 Å². The zero-order chi connectivity index (χ0) is 21.5. The SMILES string of the molecule is C[Si](C)(C)C#Cc1ccc2c(c1)C(c1ccccc1I)=NCc1c(C(N)=O)ncn1-2. The number of carbonyl (C=O) groups is 1. The van der Waals surface area contributed by atoms with Gasteiger partial charge in [0.05, 0.1) is 23.6 Å². The average Bonchev–Trinajstić information content (AvgIpc) is 3.05. The van der Waals surface area contributed by atoms with Gasteiger partial charge in [-0.15, -0.1) is 5.54 Å². The number of hydrogen-bond acceptors (Lipinski definition) is 3. The van der Waals surface area contributed by atoms with E-state index in [4.69, 9.17) is 10.7 Å². The van der Waals surface area contributed by atoms with Crippen molar-refractivity contribution in [1.29, 1.82) is 0 Å². The highest BCUT2D eigenvalue weighted by Crippen LogP contribution is 2.29. The second-order valence-electron chi connectivity index (χ2n) is 8.15. The third kappa shape index (κ3) is 3.97. The number of amides is 1. The van der Waals surface area contributed by atoms with Gasteiger partial charge in [-0.3, -0.25) is 14.4 Å². The van der Waals surface area contributed by atoms with Gasteiger partial charge in [0.25, 0.3) is 5.91 Å². The molecule has 30 heavy (non-hydrogen) atoms. The number of nitrogens with zero attached hydrogens (tertiary/aromatic N) is 3. The molecule has 0 spiro atoms. The van der Waals surface area contributed by atoms with Crippen LogP contribution in [0.5, 0.6) is 0 Å². The van der Waals surface area contributed by atoms with E-state index in [-0.39, 0.29) is 5.69 Å². The molecule has 0 radical (unpaired) electrons. The van der Waals surface area contributed by atoms with Crippen molar-refractivity contribution in [3.05, 3.63) is 80.4 Å². The highest BCUT2D eigenvalue weighted by atomic mass is 127. The largest absolute Gasteiger partial charge is 0.364 e. The van der Waals surface area contributed by atoms with Crippen molar-refractivity contribution in [2.75, 3.05) is 0 Å². The Bertz CT molecular complexity index is 1260. The number of imidazole rings is 1. The van der Waals surface area contributed by atoms with E-state index in [0.29, 0.717) is 12.2 Å². The molecule has 0 bridgehead atoms. The fraction of sp³-hybridized carbons (Fsp3) is 0.174. The molecule has 0 fully saturated rings. The fourth-order valence-electron chi connectivity index (χ4n) is 3.33. The predicted molar refractivity (Wildman–Crippen MR) is 131 cm³/mol. The molecule has 0 aliphatic carbocycles. The molecular formula is C23H21IN4OSi. The molecule has 4 rings (SSSR count). The molecule has 5 nitrogen and oxygen atoms in total. The van der Waals surface area contributed by atoms with Crippen molar-refractivity contribution in [3.8, 4) is 17.2 Å². The highest BCUT2D eigenvalue weighted by Gasteiger charge is 2.24. The number of aromatic nitrogens is 2. The molecule has 0 unspecified atom stereocenters. The molecular weight excluding hydrogens is 503 g/mol. The van der Waals surface area contributed by atoms with E-state index in [1.54, 1.807) is 6.33 Å². The van der Waals surface area contributed by atoms with Gasteiger partial charge in [-0.25, -0.2) is 4.98 Å². The van der Waals surface area contributed by atoms with E-state index >= 15 is 0 Å². The Morgan fingerprint density at radius 1 is 1.17 bits per heavy atom. The molecule has 0 saturated carbocycles. The molecule has 0 atom stereocenters. The van der Waals surface area contributed by atoms with Crippen LogP contribution in [0.2, 0.25) is 19.6 Å². The van der Waals surface area contributed by atoms with Crippen molar-refractivity contribution in [1.82, 2.24) is 9.55 Å². The quantitative estimate of drug-likeness (QED) is 0.311. The van der Waals surface area contributed by atoms with E-state index in [1.165, 1.54) is 0 Å². The second kappa shape index (κ2) is 7.85. The summed E-state index contributed by atoms with van der Waals surface area (Å²) in [5.74, 6) is 2.80. The van der Waals surface area contributed by atoms with Crippen LogP contribution < -0.4 is 5.73 Å². The molecule has 1 aliphatic heterocycles. The molecule has 7 heteroatoms. The molecule has 3 aromatic rings. The highest BCUT2D eigenvalue weighted by molar-refractivity contribution is 14.1. The Kier molecular flexibility index (Phi) is 5.38. The van der Waals surface area contributed by atoms with Crippen molar-refractivity contribution < 1.29 is 4.79 Å². The maximum atomic E-state index is 11.9. The molecule has 0 saturated heterocycles. The number of rotatable bonds is 2. The summed E-state index contributed by atoms with van der Waals surface area (Å²) in [5, 5.41) is 0. The third-order valence-electron chi connectivity index (χ3n) is 4.71. The average molecular weight is 524 g/mol. The number of halogens is 1. The summed E-state index contributed by atoms with van der Waals surface area (Å²) in [6.45, 7) is 7.01. The summed E-state index contributed by atoms with van der Waals surface area (Å²) < 4.78 is 3.02. The van der Waals surface area contributed by atoms with Gasteiger partial charge in [-0.1, -0.05) is 43.8 Å². The van der Waals surface area contributed by atoms with Gasteiger partial charge in [0.2, 0.25) is 0 Å². The Labute approximate surface area is 190 Å². The van der Waals surface area contributed by atoms with E-state index in [9.17, 15) is 4.79 Å². The van der Waals surface area contributed by atoms with E-state index in [1.807, 2.05) is 28.8 Å². The van der Waals surface area contributed by atoms with Gasteiger partial charge >= 0.3 is 0 Å². The predicted octanol–water partition coefficient (Wildman–Crippen LogP) is 4.16. The second-order valence-corrected chi connectivity index (χ2v) is 14.1. The van der Waals surface area contributed by atoms with Gasteiger partial charge in [0.1, 0.15) is 14.4 Å². The normalized spacial score (nSPS) is 12.7. The van der Waals surface area contributed by atoms with E-state index in [2.05, 4.69) is 76.9 Å². The van der Waals surface area contributed by atoms with Crippen molar-refractivity contribution in [2.24, 2.45) is 10.7 Å². The first kappa shape index (κ1) is 20.6. The Morgan fingerprint density at radius 2 is 1.93 bits per heavy atom. The van der Waals surface area contributed by atoms with Crippen LogP contribution in [0.15, 0.2) is 53.8 Å². The number of primary amides is 1. The van der Waals surface area contributed by atoms with E-state index < -0.39 is 14.0 Å². The first-order chi connectivity index (χ1) is 14.2. The van der Waals surface area contributed by atoms with Crippen molar-refractivity contribution in [3.63, 3.8) is 0 Å². The zero-order valence-corrected chi connectivity index (χ0v) is 20.2. The van der Waals surface area contributed by atoms with Crippen LogP contribution in [0.4, 0.5) is 0 Å². The Morgan fingerprint density at radius 3 is 2.63 bits per heavy atom. The maximum Gasteiger partial charge on any atom is 0.269 e. The topological polar surface area (TPSA) is 73.3 Å². The standard InChI is InChI=1S/C23H21IN4OSi/c1-30(2,3)11-10-15-8-9-19-17(12-15)21(16-6-4-5-7-18(16)24)26-13-20-22(23(25)29)27-14-28(19)20/h4-9,12,14H,13H2,1-3H3,(H2,25,29). The van der Waals surface area contributed by atoms with Crippen LogP contribution in [0.3, 0.4) is 0 Å². The Hall–Kier alpha value is -2.70. The fourth-order valence-corrected chi connectivity index (χ4v) is 4.50. The number of hydrogen-bond donors (Lipinski definition) is 1. The van der Waals surface area contributed by atoms with Crippen LogP contribution in [0.25, 0.3) is 5.69 Å². The van der Waals surface area contributed by atoms with Crippen LogP contribution in [0, 0.1) is 15.0 Å². The zero-order valence-electron chi connectivity index (χ0n) is 17.0. The molecule has 2 N–H and O–H groups in total. The summed E-state index contributed by atoms with van der Waals surface area (Å²) in [4.78, 5) is 21.0. The minimum atomic E-state index is -1.50. The van der Waals surface area contributed by atoms with Crippen LogP contribution in [-0.2, 0) is 6.54 Å². The smallest absolute Gasteiger partial charge is 0.269 e. The lowest BCUT2D eigenvalue weighted by Gasteiger charge is -2.13. The van der Waals surface area contributed by atoms with Gasteiger partial charge in [-0.05, 0) is 46.9 Å². The van der Waals surface area contributed by atoms with Gasteiger partial charge < -0.3 is 5.73 Å². The minimum absolute atomic E-state index is 0.260. The summed E-state index contributed by atoms with van der Waals surface area (Å²) in [7, 11) is -1.50. The maximum absolute atomic E-state index is 11.9. The Balaban J connectivity index is 1.97. The van der Waals surface area contributed by atoms with Crippen molar-refractivity contribution >= 4 is 42.3 Å². The summed E-state index contributed by atoms with van der Waals surface area (Å²) in [5.41, 5.74) is 14.7. The lowest BCUT2D eigenvalue weighted by molar-refractivity contribution is 0.0995. The van der Waals surface area contributed by atoms with Crippen LogP contribution in [0.1, 0.15) is 32.9 Å². The molecule has 2 aromatic carbocycles. The molecule has 150 valence electrons. The first-order valence-corrected chi connectivity index (χ1v) is 14.2. The van der Waals surface area contributed by atoms with E-state index in [0.717, 1.165) is 31.7 Å². The van der Waals surface area contributed by atoms with Crippen LogP contribution in [-0.4, -0.2) is 29.2 Å². The van der Waals surface area contributed by atoms with Gasteiger partial charge in [0.15, 0.2) is 5.69 Å². The number of carbonyl (C=O) groups excluding carboxylic acids is 1. The lowest BCUT2D eigenvalue weighted by Crippen LogP contribution is -2.16.